The molecular weight excluding hydrogens is 334 g/mol. The summed E-state index contributed by atoms with van der Waals surface area (Å²) >= 11 is 1.33. The van der Waals surface area contributed by atoms with E-state index in [1.54, 1.807) is 25.9 Å². The van der Waals surface area contributed by atoms with Crippen molar-refractivity contribution in [2.75, 3.05) is 49.8 Å². The Morgan fingerprint density at radius 1 is 1.38 bits per heavy atom. The van der Waals surface area contributed by atoms with Crippen molar-refractivity contribution < 1.29 is 14.3 Å². The summed E-state index contributed by atoms with van der Waals surface area (Å²) in [4.78, 5) is 40.6. The number of anilines is 2. The SMILES string of the molecule is CCOC(=O)CN1C(=N)N(c2nc(SC)nc(N(C)C)n2)CC1=O. The van der Waals surface area contributed by atoms with Gasteiger partial charge in [-0.05, 0) is 13.2 Å². The molecule has 10 nitrogen and oxygen atoms in total. The minimum absolute atomic E-state index is 0.108. The Balaban J connectivity index is 2.27. The van der Waals surface area contributed by atoms with Crippen LogP contribution in [-0.4, -0.2) is 77.7 Å². The van der Waals surface area contributed by atoms with E-state index >= 15 is 0 Å². The van der Waals surface area contributed by atoms with Gasteiger partial charge in [0, 0.05) is 14.1 Å². The van der Waals surface area contributed by atoms with Crippen LogP contribution in [0.1, 0.15) is 6.92 Å². The molecule has 2 heterocycles. The summed E-state index contributed by atoms with van der Waals surface area (Å²) in [6.45, 7) is 1.49. The van der Waals surface area contributed by atoms with E-state index in [2.05, 4.69) is 15.0 Å². The first-order valence-corrected chi connectivity index (χ1v) is 8.39. The molecule has 0 spiro atoms. The monoisotopic (exact) mass is 353 g/mol. The van der Waals surface area contributed by atoms with Crippen molar-refractivity contribution in [1.82, 2.24) is 19.9 Å². The van der Waals surface area contributed by atoms with Crippen molar-refractivity contribution in [3.63, 3.8) is 0 Å². The molecule has 0 radical (unpaired) electrons. The van der Waals surface area contributed by atoms with Gasteiger partial charge >= 0.3 is 5.97 Å². The first kappa shape index (κ1) is 17.9. The zero-order valence-corrected chi connectivity index (χ0v) is 14.8. The topological polar surface area (TPSA) is 116 Å². The van der Waals surface area contributed by atoms with Crippen molar-refractivity contribution in [2.45, 2.75) is 12.1 Å². The van der Waals surface area contributed by atoms with Crippen LogP contribution < -0.4 is 9.80 Å². The molecule has 1 saturated heterocycles. The van der Waals surface area contributed by atoms with Gasteiger partial charge < -0.3 is 9.64 Å². The van der Waals surface area contributed by atoms with Crippen molar-refractivity contribution in [3.8, 4) is 0 Å². The fourth-order valence-electron chi connectivity index (χ4n) is 1.97. The molecule has 2 rings (SSSR count). The Morgan fingerprint density at radius 3 is 2.67 bits per heavy atom. The van der Waals surface area contributed by atoms with Crippen molar-refractivity contribution in [1.29, 1.82) is 5.41 Å². The minimum atomic E-state index is -0.563. The highest BCUT2D eigenvalue weighted by molar-refractivity contribution is 7.98. The number of ether oxygens (including phenoxy) is 1. The number of carbonyl (C=O) groups is 2. The maximum absolute atomic E-state index is 12.1. The van der Waals surface area contributed by atoms with Crippen LogP contribution in [0.2, 0.25) is 0 Å². The van der Waals surface area contributed by atoms with E-state index in [9.17, 15) is 9.59 Å². The molecule has 0 saturated carbocycles. The highest BCUT2D eigenvalue weighted by Crippen LogP contribution is 2.21. The smallest absolute Gasteiger partial charge is 0.326 e. The Kier molecular flexibility index (Phi) is 5.54. The molecule has 1 fully saturated rings. The van der Waals surface area contributed by atoms with Crippen molar-refractivity contribution in [3.05, 3.63) is 0 Å². The van der Waals surface area contributed by atoms with Crippen LogP contribution in [0.15, 0.2) is 5.16 Å². The molecule has 0 bridgehead atoms. The number of amides is 1. The maximum atomic E-state index is 12.1. The van der Waals surface area contributed by atoms with Gasteiger partial charge in [0.25, 0.3) is 0 Å². The molecule has 1 aromatic rings. The Hall–Kier alpha value is -2.43. The van der Waals surface area contributed by atoms with Gasteiger partial charge in [-0.1, -0.05) is 11.8 Å². The molecule has 0 atom stereocenters. The second kappa shape index (κ2) is 7.43. The van der Waals surface area contributed by atoms with Crippen molar-refractivity contribution in [2.24, 2.45) is 0 Å². The van der Waals surface area contributed by atoms with E-state index in [0.717, 1.165) is 4.90 Å². The van der Waals surface area contributed by atoms with Crippen LogP contribution in [0.25, 0.3) is 0 Å². The number of esters is 1. The minimum Gasteiger partial charge on any atom is -0.465 e. The van der Waals surface area contributed by atoms with Crippen LogP contribution in [0, 0.1) is 5.41 Å². The lowest BCUT2D eigenvalue weighted by Gasteiger charge is -2.19. The molecule has 1 aromatic heterocycles. The number of guanidine groups is 1. The predicted octanol–water partition coefficient (Wildman–Crippen LogP) is -0.194. The lowest BCUT2D eigenvalue weighted by molar-refractivity contribution is -0.146. The lowest BCUT2D eigenvalue weighted by Crippen LogP contribution is -2.38. The van der Waals surface area contributed by atoms with Gasteiger partial charge in [-0.25, -0.2) is 0 Å². The van der Waals surface area contributed by atoms with Crippen LogP contribution in [0.4, 0.5) is 11.9 Å². The van der Waals surface area contributed by atoms with E-state index in [-0.39, 0.29) is 37.5 Å². The second-order valence-corrected chi connectivity index (χ2v) is 5.78. The Labute approximate surface area is 143 Å². The fourth-order valence-corrected chi connectivity index (χ4v) is 2.32. The molecular formula is C13H19N7O3S. The van der Waals surface area contributed by atoms with Gasteiger partial charge in [0.05, 0.1) is 6.61 Å². The zero-order chi connectivity index (χ0) is 17.9. The van der Waals surface area contributed by atoms with E-state index in [1.165, 1.54) is 16.7 Å². The summed E-state index contributed by atoms with van der Waals surface area (Å²) in [5, 5.41) is 8.64. The van der Waals surface area contributed by atoms with Gasteiger partial charge in [0.15, 0.2) is 5.16 Å². The lowest BCUT2D eigenvalue weighted by atomic mass is 10.5. The highest BCUT2D eigenvalue weighted by atomic mass is 32.2. The Morgan fingerprint density at radius 2 is 2.08 bits per heavy atom. The zero-order valence-electron chi connectivity index (χ0n) is 13.9. The first-order chi connectivity index (χ1) is 11.4. The van der Waals surface area contributed by atoms with Crippen molar-refractivity contribution >= 4 is 41.5 Å². The average Bonchev–Trinajstić information content (AvgIpc) is 2.82. The van der Waals surface area contributed by atoms with Crippen LogP contribution in [0.5, 0.6) is 0 Å². The van der Waals surface area contributed by atoms with Crippen LogP contribution >= 0.6 is 11.8 Å². The number of hydrogen-bond donors (Lipinski definition) is 1. The molecule has 130 valence electrons. The summed E-state index contributed by atoms with van der Waals surface area (Å²) < 4.78 is 4.83. The van der Waals surface area contributed by atoms with E-state index in [1.807, 2.05) is 6.26 Å². The van der Waals surface area contributed by atoms with Gasteiger partial charge in [0.2, 0.25) is 23.8 Å². The number of thioether (sulfide) groups is 1. The molecule has 0 unspecified atom stereocenters. The molecule has 0 aliphatic carbocycles. The van der Waals surface area contributed by atoms with Gasteiger partial charge in [0.1, 0.15) is 13.1 Å². The summed E-state index contributed by atoms with van der Waals surface area (Å²) in [6.07, 6.45) is 1.83. The number of nitrogens with zero attached hydrogens (tertiary/aromatic N) is 6. The van der Waals surface area contributed by atoms with Gasteiger partial charge in [-0.2, -0.15) is 15.0 Å². The third-order valence-corrected chi connectivity index (χ3v) is 3.66. The molecule has 1 aliphatic rings. The highest BCUT2D eigenvalue weighted by Gasteiger charge is 2.37. The predicted molar refractivity (Wildman–Crippen MR) is 89.4 cm³/mol. The van der Waals surface area contributed by atoms with Gasteiger partial charge in [-0.15, -0.1) is 0 Å². The standard InChI is InChI=1S/C13H19N7O3S/c1-5-23-9(22)7-19-8(21)6-20(10(19)14)12-15-11(18(2)3)16-13(17-12)24-4/h14H,5-7H2,1-4H3. The quantitative estimate of drug-likeness (QED) is 0.548. The number of rotatable bonds is 6. The number of carbonyl (C=O) groups excluding carboxylic acids is 2. The van der Waals surface area contributed by atoms with Crippen LogP contribution in [0.3, 0.4) is 0 Å². The number of nitrogens with one attached hydrogen (secondary N) is 1. The molecule has 1 N–H and O–H groups in total. The van der Waals surface area contributed by atoms with E-state index in [0.29, 0.717) is 11.1 Å². The third kappa shape index (κ3) is 3.72. The van der Waals surface area contributed by atoms with Crippen LogP contribution in [-0.2, 0) is 14.3 Å². The van der Waals surface area contributed by atoms with Gasteiger partial charge in [-0.3, -0.25) is 24.8 Å². The summed E-state index contributed by atoms with van der Waals surface area (Å²) in [6, 6.07) is 0. The number of aromatic nitrogens is 3. The number of hydrogen-bond acceptors (Lipinski definition) is 9. The average molecular weight is 353 g/mol. The second-order valence-electron chi connectivity index (χ2n) is 5.01. The molecule has 0 aromatic carbocycles. The normalized spacial score (nSPS) is 14.3. The Bertz CT molecular complexity index is 667. The fraction of sp³-hybridized carbons (Fsp3) is 0.538. The summed E-state index contributed by atoms with van der Waals surface area (Å²) in [5.74, 6) is -0.482. The summed E-state index contributed by atoms with van der Waals surface area (Å²) in [5.41, 5.74) is 0. The largest absolute Gasteiger partial charge is 0.465 e. The molecule has 11 heteroatoms. The van der Waals surface area contributed by atoms with E-state index in [4.69, 9.17) is 10.1 Å². The molecule has 1 amide bonds. The summed E-state index contributed by atoms with van der Waals surface area (Å²) in [7, 11) is 3.58. The first-order valence-electron chi connectivity index (χ1n) is 7.16. The third-order valence-electron chi connectivity index (χ3n) is 3.11. The molecule has 24 heavy (non-hydrogen) atoms. The molecule has 1 aliphatic heterocycles. The van der Waals surface area contributed by atoms with E-state index < -0.39 is 5.97 Å². The maximum Gasteiger partial charge on any atom is 0.326 e.